The molecule has 0 aliphatic carbocycles. The van der Waals surface area contributed by atoms with Crippen LogP contribution < -0.4 is 10.6 Å². The predicted octanol–water partition coefficient (Wildman–Crippen LogP) is 3.46. The summed E-state index contributed by atoms with van der Waals surface area (Å²) >= 11 is 5.94. The lowest BCUT2D eigenvalue weighted by atomic mass is 10.1. The van der Waals surface area contributed by atoms with Gasteiger partial charge >= 0.3 is 6.03 Å². The summed E-state index contributed by atoms with van der Waals surface area (Å²) in [6, 6.07) is 12.2. The number of aromatic hydroxyl groups is 1. The number of urea groups is 1. The lowest BCUT2D eigenvalue weighted by Crippen LogP contribution is -2.30. The SMILES string of the molecule is CC(O)c1cc(Cl)cc(NC(=O)NCCc2ccccc2)c1O. The third kappa shape index (κ3) is 4.87. The molecule has 0 bridgehead atoms. The molecule has 6 heteroatoms. The van der Waals surface area contributed by atoms with Crippen molar-refractivity contribution in [3.05, 3.63) is 58.6 Å². The molecule has 23 heavy (non-hydrogen) atoms. The van der Waals surface area contributed by atoms with Crippen molar-refractivity contribution in [2.24, 2.45) is 0 Å². The Labute approximate surface area is 139 Å². The van der Waals surface area contributed by atoms with E-state index in [0.717, 1.165) is 5.56 Å². The number of phenolic OH excluding ortho intramolecular Hbond substituents is 1. The highest BCUT2D eigenvalue weighted by Gasteiger charge is 2.15. The van der Waals surface area contributed by atoms with Gasteiger partial charge in [-0.25, -0.2) is 4.79 Å². The van der Waals surface area contributed by atoms with E-state index < -0.39 is 12.1 Å². The van der Waals surface area contributed by atoms with Crippen LogP contribution >= 0.6 is 11.6 Å². The number of rotatable bonds is 5. The van der Waals surface area contributed by atoms with Gasteiger partial charge in [-0.05, 0) is 31.0 Å². The van der Waals surface area contributed by atoms with E-state index in [1.54, 1.807) is 0 Å². The molecule has 2 aromatic rings. The molecule has 1 unspecified atom stereocenters. The largest absolute Gasteiger partial charge is 0.505 e. The summed E-state index contributed by atoms with van der Waals surface area (Å²) in [5, 5.41) is 25.2. The molecule has 2 aromatic carbocycles. The van der Waals surface area contributed by atoms with Gasteiger partial charge in [0.2, 0.25) is 0 Å². The number of hydrogen-bond acceptors (Lipinski definition) is 3. The van der Waals surface area contributed by atoms with Gasteiger partial charge in [0.15, 0.2) is 0 Å². The maximum atomic E-state index is 11.9. The minimum Gasteiger partial charge on any atom is -0.505 e. The highest BCUT2D eigenvalue weighted by atomic mass is 35.5. The van der Waals surface area contributed by atoms with E-state index >= 15 is 0 Å². The van der Waals surface area contributed by atoms with Gasteiger partial charge in [0, 0.05) is 17.1 Å². The Morgan fingerprint density at radius 3 is 2.61 bits per heavy atom. The molecule has 122 valence electrons. The molecular formula is C17H19ClN2O3. The van der Waals surface area contributed by atoms with Gasteiger partial charge in [0.05, 0.1) is 11.8 Å². The lowest BCUT2D eigenvalue weighted by molar-refractivity contribution is 0.195. The molecule has 0 radical (unpaired) electrons. The van der Waals surface area contributed by atoms with Gasteiger partial charge in [0.1, 0.15) is 5.75 Å². The Bertz CT molecular complexity index is 675. The fraction of sp³-hybridized carbons (Fsp3) is 0.235. The van der Waals surface area contributed by atoms with Gasteiger partial charge in [0.25, 0.3) is 0 Å². The second-order valence-electron chi connectivity index (χ2n) is 5.18. The molecule has 0 aliphatic heterocycles. The zero-order valence-corrected chi connectivity index (χ0v) is 13.5. The fourth-order valence-electron chi connectivity index (χ4n) is 2.17. The fourth-order valence-corrected chi connectivity index (χ4v) is 2.39. The zero-order valence-electron chi connectivity index (χ0n) is 12.7. The van der Waals surface area contributed by atoms with Crippen molar-refractivity contribution in [1.82, 2.24) is 5.32 Å². The number of halogens is 1. The minimum atomic E-state index is -0.893. The average molecular weight is 335 g/mol. The summed E-state index contributed by atoms with van der Waals surface area (Å²) < 4.78 is 0. The van der Waals surface area contributed by atoms with Gasteiger partial charge in [-0.3, -0.25) is 0 Å². The Kier molecular flexibility index (Phi) is 5.84. The van der Waals surface area contributed by atoms with Crippen molar-refractivity contribution in [3.63, 3.8) is 0 Å². The molecule has 2 rings (SSSR count). The van der Waals surface area contributed by atoms with E-state index in [4.69, 9.17) is 11.6 Å². The van der Waals surface area contributed by atoms with E-state index in [9.17, 15) is 15.0 Å². The van der Waals surface area contributed by atoms with Crippen LogP contribution in [0.3, 0.4) is 0 Å². The van der Waals surface area contributed by atoms with E-state index in [-0.39, 0.29) is 17.0 Å². The number of amides is 2. The number of nitrogens with one attached hydrogen (secondary N) is 2. The second-order valence-corrected chi connectivity index (χ2v) is 5.62. The topological polar surface area (TPSA) is 81.6 Å². The smallest absolute Gasteiger partial charge is 0.319 e. The first-order chi connectivity index (χ1) is 11.0. The van der Waals surface area contributed by atoms with Crippen LogP contribution in [0.1, 0.15) is 24.2 Å². The third-order valence-corrected chi connectivity index (χ3v) is 3.56. The van der Waals surface area contributed by atoms with Crippen LogP contribution in [0, 0.1) is 0 Å². The molecule has 2 amide bonds. The molecule has 0 spiro atoms. The first-order valence-corrected chi connectivity index (χ1v) is 7.64. The van der Waals surface area contributed by atoms with Crippen molar-refractivity contribution in [1.29, 1.82) is 0 Å². The van der Waals surface area contributed by atoms with Crippen molar-refractivity contribution in [2.75, 3.05) is 11.9 Å². The summed E-state index contributed by atoms with van der Waals surface area (Å²) in [5.41, 5.74) is 1.54. The van der Waals surface area contributed by atoms with Crippen molar-refractivity contribution >= 4 is 23.3 Å². The number of benzene rings is 2. The Morgan fingerprint density at radius 2 is 1.96 bits per heavy atom. The Morgan fingerprint density at radius 1 is 1.26 bits per heavy atom. The van der Waals surface area contributed by atoms with Gasteiger partial charge < -0.3 is 20.8 Å². The quantitative estimate of drug-likeness (QED) is 0.632. The van der Waals surface area contributed by atoms with E-state index in [0.29, 0.717) is 18.0 Å². The maximum absolute atomic E-state index is 11.9. The highest BCUT2D eigenvalue weighted by Crippen LogP contribution is 2.35. The zero-order chi connectivity index (χ0) is 16.8. The number of aliphatic hydroxyl groups is 1. The predicted molar refractivity (Wildman–Crippen MR) is 90.9 cm³/mol. The lowest BCUT2D eigenvalue weighted by Gasteiger charge is -2.14. The van der Waals surface area contributed by atoms with Crippen molar-refractivity contribution in [2.45, 2.75) is 19.4 Å². The first kappa shape index (κ1) is 17.1. The minimum absolute atomic E-state index is 0.158. The van der Waals surface area contributed by atoms with Gasteiger partial charge in [-0.2, -0.15) is 0 Å². The number of hydrogen-bond donors (Lipinski definition) is 4. The number of carbonyl (C=O) groups is 1. The molecule has 1 atom stereocenters. The summed E-state index contributed by atoms with van der Waals surface area (Å²) in [5.74, 6) is -0.192. The number of aliphatic hydroxyl groups excluding tert-OH is 1. The van der Waals surface area contributed by atoms with Crippen molar-refractivity contribution < 1.29 is 15.0 Å². The number of carbonyl (C=O) groups excluding carboxylic acids is 1. The third-order valence-electron chi connectivity index (χ3n) is 3.34. The van der Waals surface area contributed by atoms with E-state index in [2.05, 4.69) is 10.6 Å². The number of anilines is 1. The molecular weight excluding hydrogens is 316 g/mol. The normalized spacial score (nSPS) is 11.8. The van der Waals surface area contributed by atoms with Gasteiger partial charge in [-0.1, -0.05) is 41.9 Å². The molecule has 0 fully saturated rings. The van der Waals surface area contributed by atoms with Gasteiger partial charge in [-0.15, -0.1) is 0 Å². The molecule has 4 N–H and O–H groups in total. The van der Waals surface area contributed by atoms with E-state index in [1.807, 2.05) is 30.3 Å². The van der Waals surface area contributed by atoms with Crippen LogP contribution in [0.2, 0.25) is 5.02 Å². The van der Waals surface area contributed by atoms with Crippen molar-refractivity contribution in [3.8, 4) is 5.75 Å². The highest BCUT2D eigenvalue weighted by molar-refractivity contribution is 6.31. The molecule has 0 aliphatic rings. The Balaban J connectivity index is 1.95. The Hall–Kier alpha value is -2.24. The monoisotopic (exact) mass is 334 g/mol. The second kappa shape index (κ2) is 7.85. The van der Waals surface area contributed by atoms with Crippen LogP contribution in [-0.4, -0.2) is 22.8 Å². The first-order valence-electron chi connectivity index (χ1n) is 7.26. The molecule has 5 nitrogen and oxygen atoms in total. The van der Waals surface area contributed by atoms with E-state index in [1.165, 1.54) is 19.1 Å². The summed E-state index contributed by atoms with van der Waals surface area (Å²) in [7, 11) is 0. The maximum Gasteiger partial charge on any atom is 0.319 e. The summed E-state index contributed by atoms with van der Waals surface area (Å²) in [6.07, 6.45) is -0.190. The summed E-state index contributed by atoms with van der Waals surface area (Å²) in [6.45, 7) is 1.97. The van der Waals surface area contributed by atoms with Crippen LogP contribution in [-0.2, 0) is 6.42 Å². The molecule has 0 saturated heterocycles. The van der Waals surface area contributed by atoms with Crippen LogP contribution in [0.15, 0.2) is 42.5 Å². The summed E-state index contributed by atoms with van der Waals surface area (Å²) in [4.78, 5) is 11.9. The molecule has 0 aromatic heterocycles. The number of phenols is 1. The van der Waals surface area contributed by atoms with Crippen LogP contribution in [0.4, 0.5) is 10.5 Å². The van der Waals surface area contributed by atoms with Crippen LogP contribution in [0.25, 0.3) is 0 Å². The standard InChI is InChI=1S/C17H19ClN2O3/c1-11(21)14-9-13(18)10-15(16(14)22)20-17(23)19-8-7-12-5-3-2-4-6-12/h2-6,9-11,21-22H,7-8H2,1H3,(H2,19,20,23). The van der Waals surface area contributed by atoms with Crippen LogP contribution in [0.5, 0.6) is 5.75 Å². The molecule has 0 heterocycles. The average Bonchev–Trinajstić information content (AvgIpc) is 2.51. The molecule has 0 saturated carbocycles.